The average molecular weight is 274 g/mol. The monoisotopic (exact) mass is 274 g/mol. The largest absolute Gasteiger partial charge is 0.480 e. The lowest BCUT2D eigenvalue weighted by atomic mass is 10.1. The number of carbonyl (C=O) groups is 2. The number of carboxylic acids is 1. The zero-order valence-electron chi connectivity index (χ0n) is 10.8. The number of carboxylic acid groups (broad SMARTS) is 1. The van der Waals surface area contributed by atoms with Crippen LogP contribution in [0.2, 0.25) is 0 Å². The molecule has 1 saturated heterocycles. The molecule has 1 rings (SSSR count). The summed E-state index contributed by atoms with van der Waals surface area (Å²) in [5.74, 6) is 1.80. The van der Waals surface area contributed by atoms with E-state index in [0.717, 1.165) is 30.8 Å². The molecule has 0 saturated carbocycles. The maximum absolute atomic E-state index is 11.6. The molecule has 0 bridgehead atoms. The molecule has 5 nitrogen and oxygen atoms in total. The molecule has 0 aromatic carbocycles. The molecule has 1 heterocycles. The third-order valence-corrected chi connectivity index (χ3v) is 4.26. The molecule has 2 amide bonds. The number of aliphatic carboxylic acids is 1. The van der Waals surface area contributed by atoms with Crippen molar-refractivity contribution >= 4 is 23.8 Å². The van der Waals surface area contributed by atoms with Crippen LogP contribution in [0.25, 0.3) is 0 Å². The van der Waals surface area contributed by atoms with Gasteiger partial charge < -0.3 is 15.7 Å². The summed E-state index contributed by atoms with van der Waals surface area (Å²) >= 11 is 1.90. The highest BCUT2D eigenvalue weighted by Crippen LogP contribution is 2.22. The first kappa shape index (κ1) is 15.1. The molecule has 104 valence electrons. The molecule has 0 aliphatic carbocycles. The molecule has 1 fully saturated rings. The molecule has 6 heteroatoms. The molecule has 1 aliphatic rings. The first-order chi connectivity index (χ1) is 8.63. The van der Waals surface area contributed by atoms with Crippen LogP contribution in [0, 0.1) is 5.92 Å². The van der Waals surface area contributed by atoms with Crippen molar-refractivity contribution in [2.45, 2.75) is 38.6 Å². The van der Waals surface area contributed by atoms with E-state index in [1.807, 2.05) is 18.7 Å². The summed E-state index contributed by atoms with van der Waals surface area (Å²) in [5, 5.41) is 14.3. The van der Waals surface area contributed by atoms with Gasteiger partial charge in [-0.25, -0.2) is 9.59 Å². The van der Waals surface area contributed by atoms with E-state index in [2.05, 4.69) is 10.6 Å². The van der Waals surface area contributed by atoms with Crippen LogP contribution < -0.4 is 10.6 Å². The number of thioether (sulfide) groups is 1. The summed E-state index contributed by atoms with van der Waals surface area (Å²) < 4.78 is 0. The molecular formula is C12H22N2O3S. The summed E-state index contributed by atoms with van der Waals surface area (Å²) in [6.07, 6.45) is 3.34. The van der Waals surface area contributed by atoms with Crippen molar-refractivity contribution in [2.75, 3.05) is 18.1 Å². The molecule has 0 spiro atoms. The Morgan fingerprint density at radius 1 is 1.50 bits per heavy atom. The Hall–Kier alpha value is -0.910. The molecular weight excluding hydrogens is 252 g/mol. The van der Waals surface area contributed by atoms with Gasteiger partial charge in [-0.1, -0.05) is 19.8 Å². The zero-order valence-corrected chi connectivity index (χ0v) is 11.6. The maximum Gasteiger partial charge on any atom is 0.326 e. The minimum atomic E-state index is -0.963. The molecule has 0 aromatic rings. The molecule has 0 radical (unpaired) electrons. The minimum Gasteiger partial charge on any atom is -0.480 e. The first-order valence-corrected chi connectivity index (χ1v) is 7.63. The number of hydrogen-bond donors (Lipinski definition) is 3. The van der Waals surface area contributed by atoms with Gasteiger partial charge in [0.1, 0.15) is 6.04 Å². The van der Waals surface area contributed by atoms with Gasteiger partial charge in [-0.05, 0) is 30.3 Å². The second-order valence-corrected chi connectivity index (χ2v) is 5.77. The summed E-state index contributed by atoms with van der Waals surface area (Å²) in [7, 11) is 0. The van der Waals surface area contributed by atoms with E-state index in [4.69, 9.17) is 5.11 Å². The molecule has 2 unspecified atom stereocenters. The van der Waals surface area contributed by atoms with Gasteiger partial charge in [-0.15, -0.1) is 0 Å². The average Bonchev–Trinajstić information content (AvgIpc) is 2.84. The van der Waals surface area contributed by atoms with Gasteiger partial charge in [0.2, 0.25) is 0 Å². The second-order valence-electron chi connectivity index (χ2n) is 4.62. The molecule has 0 aromatic heterocycles. The van der Waals surface area contributed by atoms with E-state index in [1.165, 1.54) is 0 Å². The lowest BCUT2D eigenvalue weighted by Crippen LogP contribution is -2.47. The van der Waals surface area contributed by atoms with Gasteiger partial charge in [-0.3, -0.25) is 0 Å². The Bertz CT molecular complexity index is 280. The fourth-order valence-corrected chi connectivity index (χ4v) is 3.14. The Morgan fingerprint density at radius 3 is 2.83 bits per heavy atom. The van der Waals surface area contributed by atoms with Crippen LogP contribution >= 0.6 is 11.8 Å². The van der Waals surface area contributed by atoms with Crippen molar-refractivity contribution in [1.29, 1.82) is 0 Å². The summed E-state index contributed by atoms with van der Waals surface area (Å²) in [6, 6.07) is -1.14. The highest BCUT2D eigenvalue weighted by Gasteiger charge is 2.20. The van der Waals surface area contributed by atoms with E-state index in [-0.39, 0.29) is 6.03 Å². The molecule has 18 heavy (non-hydrogen) atoms. The predicted molar refractivity (Wildman–Crippen MR) is 72.9 cm³/mol. The fraction of sp³-hybridized carbons (Fsp3) is 0.833. The number of carbonyl (C=O) groups excluding carboxylic acids is 1. The van der Waals surface area contributed by atoms with Crippen LogP contribution in [0.3, 0.4) is 0 Å². The maximum atomic E-state index is 11.6. The van der Waals surface area contributed by atoms with E-state index in [9.17, 15) is 9.59 Å². The van der Waals surface area contributed by atoms with Gasteiger partial charge in [-0.2, -0.15) is 11.8 Å². The van der Waals surface area contributed by atoms with Crippen molar-refractivity contribution in [2.24, 2.45) is 5.92 Å². The number of nitrogens with one attached hydrogen (secondary N) is 2. The summed E-state index contributed by atoms with van der Waals surface area (Å²) in [6.45, 7) is 2.63. The molecule has 3 N–H and O–H groups in total. The van der Waals surface area contributed by atoms with Crippen LogP contribution in [-0.4, -0.2) is 41.2 Å². The van der Waals surface area contributed by atoms with Crippen LogP contribution in [0.5, 0.6) is 0 Å². The Kier molecular flexibility index (Phi) is 6.93. The Morgan fingerprint density at radius 2 is 2.28 bits per heavy atom. The third-order valence-electron chi connectivity index (χ3n) is 3.03. The minimum absolute atomic E-state index is 0.365. The number of hydrogen-bond acceptors (Lipinski definition) is 3. The lowest BCUT2D eigenvalue weighted by Gasteiger charge is -2.16. The van der Waals surface area contributed by atoms with E-state index >= 15 is 0 Å². The lowest BCUT2D eigenvalue weighted by molar-refractivity contribution is -0.139. The van der Waals surface area contributed by atoms with Crippen LogP contribution in [0.4, 0.5) is 4.79 Å². The Labute approximate surface area is 112 Å². The van der Waals surface area contributed by atoms with Crippen molar-refractivity contribution in [3.8, 4) is 0 Å². The van der Waals surface area contributed by atoms with Crippen LogP contribution in [0.15, 0.2) is 0 Å². The van der Waals surface area contributed by atoms with Crippen molar-refractivity contribution in [3.05, 3.63) is 0 Å². The van der Waals surface area contributed by atoms with Gasteiger partial charge in [0.15, 0.2) is 0 Å². The fourth-order valence-electron chi connectivity index (χ4n) is 1.86. The van der Waals surface area contributed by atoms with Crippen LogP contribution in [-0.2, 0) is 4.79 Å². The van der Waals surface area contributed by atoms with Gasteiger partial charge in [0, 0.05) is 6.54 Å². The summed E-state index contributed by atoms with van der Waals surface area (Å²) in [4.78, 5) is 22.5. The van der Waals surface area contributed by atoms with Crippen molar-refractivity contribution < 1.29 is 14.7 Å². The van der Waals surface area contributed by atoms with Gasteiger partial charge >= 0.3 is 12.0 Å². The smallest absolute Gasteiger partial charge is 0.326 e. The van der Waals surface area contributed by atoms with Gasteiger partial charge in [0.05, 0.1) is 0 Å². The molecule has 1 aliphatic heterocycles. The number of urea groups is 1. The van der Waals surface area contributed by atoms with E-state index in [0.29, 0.717) is 18.9 Å². The number of rotatable bonds is 7. The van der Waals surface area contributed by atoms with Crippen molar-refractivity contribution in [1.82, 2.24) is 10.6 Å². The highest BCUT2D eigenvalue weighted by molar-refractivity contribution is 7.99. The molecule has 2 atom stereocenters. The number of amides is 2. The number of unbranched alkanes of at least 4 members (excludes halogenated alkanes) is 1. The van der Waals surface area contributed by atoms with E-state index < -0.39 is 12.0 Å². The van der Waals surface area contributed by atoms with Gasteiger partial charge in [0.25, 0.3) is 0 Å². The first-order valence-electron chi connectivity index (χ1n) is 6.48. The topological polar surface area (TPSA) is 78.4 Å². The summed E-state index contributed by atoms with van der Waals surface area (Å²) in [5.41, 5.74) is 0. The van der Waals surface area contributed by atoms with Crippen molar-refractivity contribution in [3.63, 3.8) is 0 Å². The Balaban J connectivity index is 2.24. The SMILES string of the molecule is CCCCC(NC(=O)NCC1CCSC1)C(=O)O. The second kappa shape index (κ2) is 8.24. The highest BCUT2D eigenvalue weighted by atomic mass is 32.2. The normalized spacial score (nSPS) is 20.4. The standard InChI is InChI=1S/C12H22N2O3S/c1-2-3-4-10(11(15)16)14-12(17)13-7-9-5-6-18-8-9/h9-10H,2-8H2,1H3,(H,15,16)(H2,13,14,17). The third kappa shape index (κ3) is 5.62. The van der Waals surface area contributed by atoms with Crippen LogP contribution in [0.1, 0.15) is 32.6 Å². The predicted octanol–water partition coefficient (Wildman–Crippen LogP) is 1.68. The van der Waals surface area contributed by atoms with E-state index in [1.54, 1.807) is 0 Å². The zero-order chi connectivity index (χ0) is 13.4. The quantitative estimate of drug-likeness (QED) is 0.660.